The number of amides is 1. The van der Waals surface area contributed by atoms with Crippen LogP contribution in [0.15, 0.2) is 0 Å². The summed E-state index contributed by atoms with van der Waals surface area (Å²) in [5.74, 6) is 1.25. The summed E-state index contributed by atoms with van der Waals surface area (Å²) in [5.41, 5.74) is -0.407. The zero-order valence-corrected chi connectivity index (χ0v) is 14.6. The molecule has 22 heavy (non-hydrogen) atoms. The molecule has 5 heteroatoms. The Labute approximate surface area is 134 Å². The fourth-order valence-electron chi connectivity index (χ4n) is 3.53. The molecule has 0 N–H and O–H groups in total. The number of methoxy groups -OCH3 is 1. The lowest BCUT2D eigenvalue weighted by Gasteiger charge is -2.34. The van der Waals surface area contributed by atoms with Gasteiger partial charge in [0.2, 0.25) is 0 Å². The maximum atomic E-state index is 12.1. The molecule has 0 bridgehead atoms. The first kappa shape index (κ1) is 17.5. The van der Waals surface area contributed by atoms with Crippen LogP contribution >= 0.6 is 0 Å². The monoisotopic (exact) mass is 312 g/mol. The number of hydrogen-bond donors (Lipinski definition) is 0. The van der Waals surface area contributed by atoms with E-state index in [9.17, 15) is 4.79 Å². The molecule has 0 spiro atoms. The average molecular weight is 312 g/mol. The highest BCUT2D eigenvalue weighted by Crippen LogP contribution is 2.23. The maximum absolute atomic E-state index is 12.1. The Balaban J connectivity index is 1.75. The molecule has 0 aromatic carbocycles. The number of carbonyl (C=O) groups is 1. The van der Waals surface area contributed by atoms with Gasteiger partial charge < -0.3 is 19.3 Å². The highest BCUT2D eigenvalue weighted by atomic mass is 16.6. The van der Waals surface area contributed by atoms with Gasteiger partial charge in [0, 0.05) is 33.3 Å². The zero-order chi connectivity index (χ0) is 16.2. The van der Waals surface area contributed by atoms with Gasteiger partial charge in [-0.15, -0.1) is 0 Å². The topological polar surface area (TPSA) is 42.0 Å². The van der Waals surface area contributed by atoms with E-state index in [-0.39, 0.29) is 6.09 Å². The number of nitrogens with zero attached hydrogens (tertiary/aromatic N) is 2. The molecule has 5 nitrogen and oxygen atoms in total. The molecule has 2 rings (SSSR count). The molecule has 2 aliphatic heterocycles. The molecule has 2 saturated heterocycles. The highest BCUT2D eigenvalue weighted by Gasteiger charge is 2.31. The van der Waals surface area contributed by atoms with Gasteiger partial charge in [0.15, 0.2) is 0 Å². The van der Waals surface area contributed by atoms with Crippen LogP contribution in [0, 0.1) is 11.8 Å². The van der Waals surface area contributed by atoms with Crippen molar-refractivity contribution in [1.82, 2.24) is 9.80 Å². The van der Waals surface area contributed by atoms with Crippen LogP contribution in [0.25, 0.3) is 0 Å². The molecule has 0 aromatic heterocycles. The highest BCUT2D eigenvalue weighted by molar-refractivity contribution is 5.68. The third-order valence-corrected chi connectivity index (χ3v) is 4.46. The second kappa shape index (κ2) is 7.64. The van der Waals surface area contributed by atoms with Gasteiger partial charge in [0.25, 0.3) is 0 Å². The van der Waals surface area contributed by atoms with Crippen molar-refractivity contribution in [1.29, 1.82) is 0 Å². The minimum absolute atomic E-state index is 0.161. The molecule has 128 valence electrons. The van der Waals surface area contributed by atoms with Gasteiger partial charge in [-0.1, -0.05) is 0 Å². The second-order valence-electron chi connectivity index (χ2n) is 7.80. The van der Waals surface area contributed by atoms with Crippen LogP contribution in [0.3, 0.4) is 0 Å². The number of ether oxygens (including phenoxy) is 2. The van der Waals surface area contributed by atoms with E-state index in [1.165, 1.54) is 19.4 Å². The van der Waals surface area contributed by atoms with Crippen LogP contribution in [0.5, 0.6) is 0 Å². The Morgan fingerprint density at radius 3 is 2.59 bits per heavy atom. The summed E-state index contributed by atoms with van der Waals surface area (Å²) in [6.45, 7) is 11.7. The Morgan fingerprint density at radius 2 is 1.91 bits per heavy atom. The van der Waals surface area contributed by atoms with E-state index in [0.717, 1.165) is 39.2 Å². The molecule has 0 saturated carbocycles. The van der Waals surface area contributed by atoms with Crippen molar-refractivity contribution in [2.75, 3.05) is 46.4 Å². The number of rotatable bonds is 4. The van der Waals surface area contributed by atoms with E-state index >= 15 is 0 Å². The van der Waals surface area contributed by atoms with Crippen molar-refractivity contribution in [3.8, 4) is 0 Å². The van der Waals surface area contributed by atoms with Gasteiger partial charge in [-0.25, -0.2) is 4.79 Å². The Bertz CT molecular complexity index is 365. The maximum Gasteiger partial charge on any atom is 0.410 e. The standard InChI is InChI=1S/C17H32N2O3/c1-17(2,3)22-16(20)19-9-7-14(12-19)10-18-8-5-6-15(11-18)13-21-4/h14-15H,5-13H2,1-4H3. The molecule has 0 aromatic rings. The van der Waals surface area contributed by atoms with Crippen molar-refractivity contribution in [3.63, 3.8) is 0 Å². The lowest BCUT2D eigenvalue weighted by atomic mass is 9.97. The third kappa shape index (κ3) is 5.43. The van der Waals surface area contributed by atoms with Gasteiger partial charge in [0.05, 0.1) is 6.61 Å². The van der Waals surface area contributed by atoms with Crippen LogP contribution in [0.2, 0.25) is 0 Å². The molecule has 0 radical (unpaired) electrons. The number of likely N-dealkylation sites (tertiary alicyclic amines) is 2. The first-order valence-electron chi connectivity index (χ1n) is 8.56. The van der Waals surface area contributed by atoms with Crippen molar-refractivity contribution in [2.24, 2.45) is 11.8 Å². The average Bonchev–Trinajstić information content (AvgIpc) is 2.86. The SMILES string of the molecule is COCC1CCCN(CC2CCN(C(=O)OC(C)(C)C)C2)C1. The minimum atomic E-state index is -0.407. The van der Waals surface area contributed by atoms with Crippen LogP contribution < -0.4 is 0 Å². The van der Waals surface area contributed by atoms with Gasteiger partial charge in [-0.2, -0.15) is 0 Å². The Hall–Kier alpha value is -0.810. The van der Waals surface area contributed by atoms with Gasteiger partial charge in [-0.3, -0.25) is 0 Å². The van der Waals surface area contributed by atoms with E-state index < -0.39 is 5.60 Å². The van der Waals surface area contributed by atoms with Crippen molar-refractivity contribution in [2.45, 2.75) is 45.6 Å². The van der Waals surface area contributed by atoms with Crippen molar-refractivity contribution >= 4 is 6.09 Å². The molecular formula is C17H32N2O3. The molecule has 1 amide bonds. The fourth-order valence-corrected chi connectivity index (χ4v) is 3.53. The molecule has 2 atom stereocenters. The van der Waals surface area contributed by atoms with Crippen LogP contribution in [-0.2, 0) is 9.47 Å². The summed E-state index contributed by atoms with van der Waals surface area (Å²) >= 11 is 0. The van der Waals surface area contributed by atoms with Gasteiger partial charge in [0.1, 0.15) is 5.60 Å². The number of piperidine rings is 1. The predicted octanol–water partition coefficient (Wildman–Crippen LogP) is 2.60. The Morgan fingerprint density at radius 1 is 1.14 bits per heavy atom. The van der Waals surface area contributed by atoms with E-state index in [2.05, 4.69) is 4.90 Å². The molecule has 2 aliphatic rings. The Kier molecular flexibility index (Phi) is 6.09. The summed E-state index contributed by atoms with van der Waals surface area (Å²) < 4.78 is 10.8. The summed E-state index contributed by atoms with van der Waals surface area (Å²) in [5, 5.41) is 0. The molecule has 2 unspecified atom stereocenters. The summed E-state index contributed by atoms with van der Waals surface area (Å²) in [7, 11) is 1.79. The van der Waals surface area contributed by atoms with Crippen molar-refractivity contribution < 1.29 is 14.3 Å². The lowest BCUT2D eigenvalue weighted by Crippen LogP contribution is -2.41. The molecule has 2 heterocycles. The smallest absolute Gasteiger partial charge is 0.410 e. The summed E-state index contributed by atoms with van der Waals surface area (Å²) in [6.07, 6.45) is 3.46. The molecular weight excluding hydrogens is 280 g/mol. The van der Waals surface area contributed by atoms with Crippen LogP contribution in [0.4, 0.5) is 4.79 Å². The molecule has 2 fully saturated rings. The largest absolute Gasteiger partial charge is 0.444 e. The third-order valence-electron chi connectivity index (χ3n) is 4.46. The van der Waals surface area contributed by atoms with E-state index in [4.69, 9.17) is 9.47 Å². The number of hydrogen-bond acceptors (Lipinski definition) is 4. The first-order chi connectivity index (χ1) is 10.4. The summed E-state index contributed by atoms with van der Waals surface area (Å²) in [6, 6.07) is 0. The van der Waals surface area contributed by atoms with E-state index in [1.807, 2.05) is 25.7 Å². The lowest BCUT2D eigenvalue weighted by molar-refractivity contribution is 0.0281. The zero-order valence-electron chi connectivity index (χ0n) is 14.6. The normalized spacial score (nSPS) is 27.2. The van der Waals surface area contributed by atoms with Crippen LogP contribution in [0.1, 0.15) is 40.0 Å². The van der Waals surface area contributed by atoms with Crippen LogP contribution in [-0.4, -0.2) is 67.9 Å². The quantitative estimate of drug-likeness (QED) is 0.800. The summed E-state index contributed by atoms with van der Waals surface area (Å²) in [4.78, 5) is 16.5. The van der Waals surface area contributed by atoms with Gasteiger partial charge in [-0.05, 0) is 58.4 Å². The van der Waals surface area contributed by atoms with E-state index in [0.29, 0.717) is 11.8 Å². The predicted molar refractivity (Wildman–Crippen MR) is 87.0 cm³/mol. The van der Waals surface area contributed by atoms with Gasteiger partial charge >= 0.3 is 6.09 Å². The first-order valence-corrected chi connectivity index (χ1v) is 8.56. The minimum Gasteiger partial charge on any atom is -0.444 e. The molecule has 0 aliphatic carbocycles. The van der Waals surface area contributed by atoms with E-state index in [1.54, 1.807) is 7.11 Å². The van der Waals surface area contributed by atoms with Crippen molar-refractivity contribution in [3.05, 3.63) is 0 Å². The second-order valence-corrected chi connectivity index (χ2v) is 7.80. The number of carbonyl (C=O) groups excluding carboxylic acids is 1. The fraction of sp³-hybridized carbons (Fsp3) is 0.941.